The molecule has 7 heteroatoms. The lowest BCUT2D eigenvalue weighted by atomic mass is 10.2. The van der Waals surface area contributed by atoms with Crippen molar-refractivity contribution < 1.29 is 17.7 Å². The molecule has 94 valence electrons. The summed E-state index contributed by atoms with van der Waals surface area (Å²) >= 11 is 3.25. The van der Waals surface area contributed by atoms with Crippen LogP contribution in [-0.2, 0) is 17.7 Å². The maximum atomic E-state index is 5.53. The lowest BCUT2D eigenvalue weighted by molar-refractivity contribution is 0.0414. The summed E-state index contributed by atoms with van der Waals surface area (Å²) in [5, 5.41) is 0. The van der Waals surface area contributed by atoms with Gasteiger partial charge in [0.1, 0.15) is 10.4 Å². The fraction of sp³-hybridized carbons (Fsp3) is 0.300. The molecule has 0 bridgehead atoms. The third-order valence-corrected chi connectivity index (χ3v) is 4.51. The molecule has 5 nitrogen and oxygen atoms in total. The lowest BCUT2D eigenvalue weighted by Gasteiger charge is -2.24. The molecule has 0 spiro atoms. The molecule has 0 aromatic carbocycles. The van der Waals surface area contributed by atoms with Gasteiger partial charge in [0.2, 0.25) is 0 Å². The zero-order valence-corrected chi connectivity index (χ0v) is 12.5. The van der Waals surface area contributed by atoms with Crippen LogP contribution in [-0.4, -0.2) is 35.4 Å². The van der Waals surface area contributed by atoms with Crippen molar-refractivity contribution in [1.29, 1.82) is 0 Å². The van der Waals surface area contributed by atoms with Crippen molar-refractivity contribution in [2.24, 2.45) is 0 Å². The number of nitrogens with zero attached hydrogens (tertiary/aromatic N) is 1. The third-order valence-electron chi connectivity index (χ3n) is 2.05. The van der Waals surface area contributed by atoms with Crippen molar-refractivity contribution in [3.8, 4) is 0 Å². The molecule has 0 aliphatic carbocycles. The monoisotopic (exact) mass is 319 g/mol. The van der Waals surface area contributed by atoms with Gasteiger partial charge in [-0.15, -0.1) is 0 Å². The summed E-state index contributed by atoms with van der Waals surface area (Å²) in [5.41, 5.74) is 0.733. The van der Waals surface area contributed by atoms with E-state index < -0.39 is 9.05 Å². The van der Waals surface area contributed by atoms with Crippen LogP contribution in [0.1, 0.15) is 5.56 Å². The molecule has 1 aromatic rings. The first-order chi connectivity index (χ1) is 8.06. The highest BCUT2D eigenvalue weighted by Crippen LogP contribution is 2.21. The van der Waals surface area contributed by atoms with E-state index in [1.165, 1.54) is 21.3 Å². The van der Waals surface area contributed by atoms with E-state index in [9.17, 15) is 0 Å². The van der Waals surface area contributed by atoms with Crippen molar-refractivity contribution in [3.63, 3.8) is 0 Å². The quantitative estimate of drug-likeness (QED) is 0.457. The van der Waals surface area contributed by atoms with Gasteiger partial charge in [-0.2, -0.15) is 0 Å². The Balaban J connectivity index is 2.81. The third kappa shape index (κ3) is 3.61. The summed E-state index contributed by atoms with van der Waals surface area (Å²) in [6.07, 6.45) is 1.63. The molecule has 0 aliphatic heterocycles. The molecule has 0 atom stereocenters. The van der Waals surface area contributed by atoms with Gasteiger partial charge < -0.3 is 17.7 Å². The summed E-state index contributed by atoms with van der Waals surface area (Å²) in [4.78, 5) is 4.08. The first kappa shape index (κ1) is 14.3. The van der Waals surface area contributed by atoms with Gasteiger partial charge in [-0.05, 0) is 28.1 Å². The van der Waals surface area contributed by atoms with Crippen molar-refractivity contribution in [3.05, 3.63) is 35.1 Å². The normalized spacial score (nSPS) is 11.3. The largest absolute Gasteiger partial charge is 0.748 e. The molecular weight excluding hydrogens is 306 g/mol. The minimum absolute atomic E-state index is 0.391. The highest BCUT2D eigenvalue weighted by Gasteiger charge is 2.45. The zero-order chi connectivity index (χ0) is 12.9. The van der Waals surface area contributed by atoms with Crippen molar-refractivity contribution in [2.45, 2.75) is 0 Å². The molecule has 1 heterocycles. The van der Waals surface area contributed by atoms with Gasteiger partial charge >= 0.3 is 9.05 Å². The molecule has 0 saturated heterocycles. The molecule has 1 rings (SSSR count). The minimum atomic E-state index is -3.12. The van der Waals surface area contributed by atoms with E-state index in [4.69, 9.17) is 17.7 Å². The average molecular weight is 320 g/mol. The van der Waals surface area contributed by atoms with Crippen LogP contribution in [0.15, 0.2) is 29.5 Å². The number of halogens is 1. The van der Waals surface area contributed by atoms with E-state index in [1.54, 1.807) is 12.3 Å². The molecule has 0 unspecified atom stereocenters. The van der Waals surface area contributed by atoms with Gasteiger partial charge in [-0.1, -0.05) is 6.58 Å². The molecule has 0 saturated carbocycles. The van der Waals surface area contributed by atoms with E-state index in [1.807, 2.05) is 6.07 Å². The summed E-state index contributed by atoms with van der Waals surface area (Å²) in [5.74, 6) is 0.391. The van der Waals surface area contributed by atoms with Crippen LogP contribution in [0.3, 0.4) is 0 Å². The van der Waals surface area contributed by atoms with Gasteiger partial charge in [0, 0.05) is 33.1 Å². The maximum absolute atomic E-state index is 5.53. The summed E-state index contributed by atoms with van der Waals surface area (Å²) in [7, 11) is 1.28. The zero-order valence-electron chi connectivity index (χ0n) is 9.90. The van der Waals surface area contributed by atoms with E-state index in [0.29, 0.717) is 5.76 Å². The molecule has 0 aliphatic rings. The second-order valence-corrected chi connectivity index (χ2v) is 6.25. The number of rotatable bonds is 6. The van der Waals surface area contributed by atoms with Crippen LogP contribution in [0.2, 0.25) is 0 Å². The van der Waals surface area contributed by atoms with Crippen LogP contribution in [0.25, 0.3) is 5.76 Å². The molecule has 0 radical (unpaired) electrons. The number of aromatic nitrogens is 1. The minimum Gasteiger partial charge on any atom is -0.480 e. The second kappa shape index (κ2) is 6.27. The summed E-state index contributed by atoms with van der Waals surface area (Å²) < 4.78 is 21.7. The molecular formula is C10H14BrNO4Si. The highest BCUT2D eigenvalue weighted by atomic mass is 79.9. The molecule has 0 fully saturated rings. The molecule has 17 heavy (non-hydrogen) atoms. The maximum Gasteiger partial charge on any atom is 0.748 e. The first-order valence-electron chi connectivity index (χ1n) is 4.72. The Morgan fingerprint density at radius 3 is 2.24 bits per heavy atom. The summed E-state index contributed by atoms with van der Waals surface area (Å²) in [6, 6.07) is 3.61. The van der Waals surface area contributed by atoms with Gasteiger partial charge in [0.25, 0.3) is 0 Å². The van der Waals surface area contributed by atoms with Gasteiger partial charge in [0.05, 0.1) is 0 Å². The first-order valence-corrected chi connectivity index (χ1v) is 7.15. The Morgan fingerprint density at radius 1 is 1.24 bits per heavy atom. The topological polar surface area (TPSA) is 49.8 Å². The Kier molecular flexibility index (Phi) is 5.28. The van der Waals surface area contributed by atoms with Crippen LogP contribution < -0.4 is 0 Å². The van der Waals surface area contributed by atoms with Gasteiger partial charge in [-0.3, -0.25) is 0 Å². The predicted molar refractivity (Wildman–Crippen MR) is 68.8 cm³/mol. The van der Waals surface area contributed by atoms with E-state index in [2.05, 4.69) is 27.5 Å². The van der Waals surface area contributed by atoms with E-state index in [0.717, 1.165) is 10.2 Å². The van der Waals surface area contributed by atoms with Crippen LogP contribution in [0.4, 0.5) is 0 Å². The van der Waals surface area contributed by atoms with Gasteiger partial charge in [-0.25, -0.2) is 4.98 Å². The Bertz CT molecular complexity index is 372. The van der Waals surface area contributed by atoms with E-state index >= 15 is 0 Å². The molecule has 1 aromatic heterocycles. The SMILES string of the molecule is C=C(O[Si](OC)(OC)OC)c1ccc(Br)nc1. The Hall–Kier alpha value is -0.733. The fourth-order valence-corrected chi connectivity index (χ4v) is 2.53. The smallest absolute Gasteiger partial charge is 0.480 e. The Labute approximate surface area is 110 Å². The predicted octanol–water partition coefficient (Wildman–Crippen LogP) is 2.21. The molecule has 0 amide bonds. The van der Waals surface area contributed by atoms with Crippen molar-refractivity contribution in [1.82, 2.24) is 4.98 Å². The van der Waals surface area contributed by atoms with Crippen molar-refractivity contribution in [2.75, 3.05) is 21.3 Å². The number of hydrogen-bond acceptors (Lipinski definition) is 5. The summed E-state index contributed by atoms with van der Waals surface area (Å²) in [6.45, 7) is 3.80. The Morgan fingerprint density at radius 2 is 1.82 bits per heavy atom. The van der Waals surface area contributed by atoms with Crippen molar-refractivity contribution >= 4 is 30.7 Å². The standard InChI is InChI=1S/C10H14BrNO4Si/c1-8(9-5-6-10(11)12-7-9)16-17(13-2,14-3)15-4/h5-7H,1H2,2-4H3. The average Bonchev–Trinajstić information content (AvgIpc) is 2.37. The molecule has 0 N–H and O–H groups in total. The number of pyridine rings is 1. The number of hydrogen-bond donors (Lipinski definition) is 0. The van der Waals surface area contributed by atoms with Crippen LogP contribution in [0, 0.1) is 0 Å². The van der Waals surface area contributed by atoms with E-state index in [-0.39, 0.29) is 0 Å². The highest BCUT2D eigenvalue weighted by molar-refractivity contribution is 9.10. The second-order valence-electron chi connectivity index (χ2n) is 3.01. The lowest BCUT2D eigenvalue weighted by Crippen LogP contribution is -2.45. The van der Waals surface area contributed by atoms with Crippen LogP contribution in [0.5, 0.6) is 0 Å². The van der Waals surface area contributed by atoms with Gasteiger partial charge in [0.15, 0.2) is 0 Å². The van der Waals surface area contributed by atoms with Crippen LogP contribution >= 0.6 is 15.9 Å². The fourth-order valence-electron chi connectivity index (χ4n) is 1.13.